The van der Waals surface area contributed by atoms with E-state index in [1.54, 1.807) is 0 Å². The Morgan fingerprint density at radius 3 is 2.64 bits per heavy atom. The molecule has 0 saturated carbocycles. The van der Waals surface area contributed by atoms with Crippen LogP contribution >= 0.6 is 0 Å². The maximum atomic E-state index is 13.0. The van der Waals surface area contributed by atoms with E-state index in [2.05, 4.69) is 75.8 Å². The topological polar surface area (TPSA) is 35.6 Å². The number of nitrogens with one attached hydrogen (secondary N) is 1. The number of nitrogens with zero attached hydrogens (tertiary/aromatic N) is 2. The van der Waals surface area contributed by atoms with Gasteiger partial charge in [0, 0.05) is 31.2 Å². The number of fused-ring (bicyclic) bond motifs is 2. The highest BCUT2D eigenvalue weighted by molar-refractivity contribution is 5.98. The third-order valence-corrected chi connectivity index (χ3v) is 8.01. The summed E-state index contributed by atoms with van der Waals surface area (Å²) in [5.41, 5.74) is 5.02. The van der Waals surface area contributed by atoms with E-state index in [9.17, 15) is 4.79 Å². The third-order valence-electron chi connectivity index (χ3n) is 8.01. The van der Waals surface area contributed by atoms with Gasteiger partial charge in [-0.05, 0) is 84.8 Å². The summed E-state index contributed by atoms with van der Waals surface area (Å²) in [5.74, 6) is 0.828. The maximum Gasteiger partial charge on any atom is 0.254 e. The Balaban J connectivity index is 1.11. The molecule has 6 rings (SSSR count). The summed E-state index contributed by atoms with van der Waals surface area (Å²) >= 11 is 0. The van der Waals surface area contributed by atoms with Gasteiger partial charge in [0.1, 0.15) is 0 Å². The molecule has 170 valence electrons. The fraction of sp³-hybridized carbons (Fsp3) is 0.414. The second-order valence-corrected chi connectivity index (χ2v) is 10.0. The van der Waals surface area contributed by atoms with Crippen LogP contribution in [0.25, 0.3) is 10.8 Å². The van der Waals surface area contributed by atoms with Crippen LogP contribution in [0.3, 0.4) is 0 Å². The van der Waals surface area contributed by atoms with E-state index in [1.807, 2.05) is 0 Å². The lowest BCUT2D eigenvalue weighted by atomic mass is 9.87. The molecule has 0 spiro atoms. The van der Waals surface area contributed by atoms with Crippen LogP contribution < -0.4 is 5.32 Å². The minimum Gasteiger partial charge on any atom is -0.330 e. The van der Waals surface area contributed by atoms with Crippen molar-refractivity contribution in [2.45, 2.75) is 50.7 Å². The number of carbonyl (C=O) groups is 1. The molecule has 3 aliphatic rings. The number of benzene rings is 3. The van der Waals surface area contributed by atoms with Crippen molar-refractivity contribution in [2.75, 3.05) is 26.2 Å². The van der Waals surface area contributed by atoms with Crippen LogP contribution in [0.5, 0.6) is 0 Å². The highest BCUT2D eigenvalue weighted by Crippen LogP contribution is 2.34. The first kappa shape index (κ1) is 20.9. The second kappa shape index (κ2) is 8.92. The van der Waals surface area contributed by atoms with Crippen LogP contribution in [-0.4, -0.2) is 47.9 Å². The minimum absolute atomic E-state index is 0.232. The first-order valence-corrected chi connectivity index (χ1v) is 12.6. The second-order valence-electron chi connectivity index (χ2n) is 10.0. The third kappa shape index (κ3) is 4.07. The van der Waals surface area contributed by atoms with Gasteiger partial charge in [-0.1, -0.05) is 54.6 Å². The highest BCUT2D eigenvalue weighted by Gasteiger charge is 2.34. The Morgan fingerprint density at radius 2 is 1.79 bits per heavy atom. The number of hydrogen-bond donors (Lipinski definition) is 1. The minimum atomic E-state index is 0.232. The van der Waals surface area contributed by atoms with E-state index in [0.29, 0.717) is 12.0 Å². The zero-order chi connectivity index (χ0) is 22.2. The Labute approximate surface area is 196 Å². The Kier molecular flexibility index (Phi) is 5.65. The normalized spacial score (nSPS) is 22.1. The average molecular weight is 440 g/mol. The van der Waals surface area contributed by atoms with Gasteiger partial charge in [-0.3, -0.25) is 9.69 Å². The monoisotopic (exact) mass is 439 g/mol. The summed E-state index contributed by atoms with van der Waals surface area (Å²) in [6.45, 7) is 6.08. The number of likely N-dealkylation sites (tertiary alicyclic amines) is 1. The largest absolute Gasteiger partial charge is 0.330 e. The number of amides is 1. The highest BCUT2D eigenvalue weighted by atomic mass is 16.2. The first-order chi connectivity index (χ1) is 16.3. The number of piperidine rings is 2. The van der Waals surface area contributed by atoms with Crippen molar-refractivity contribution < 1.29 is 4.79 Å². The van der Waals surface area contributed by atoms with Crippen LogP contribution in [-0.2, 0) is 13.1 Å². The predicted octanol–water partition coefficient (Wildman–Crippen LogP) is 4.93. The predicted molar refractivity (Wildman–Crippen MR) is 133 cm³/mol. The number of hydrogen-bond acceptors (Lipinski definition) is 3. The summed E-state index contributed by atoms with van der Waals surface area (Å²) in [6.07, 6.45) is 4.66. The van der Waals surface area contributed by atoms with Gasteiger partial charge in [0.2, 0.25) is 0 Å². The standard InChI is InChI=1S/C29H33N3O/c33-29-28-11-10-23(17-25(28)20-32(29)26-8-4-14-30-18-26)21-12-15-31(16-13-21)19-24-7-3-6-22-5-1-2-9-27(22)24/h1-3,5-7,9-11,17,21,26,30H,4,8,12-16,18-20H2. The molecule has 1 N–H and O–H groups in total. The SMILES string of the molecule is O=C1c2ccc(C3CCN(Cc4cccc5ccccc45)CC3)cc2CN1C1CCCNC1. The molecule has 3 aromatic carbocycles. The van der Waals surface area contributed by atoms with E-state index >= 15 is 0 Å². The zero-order valence-electron chi connectivity index (χ0n) is 19.3. The molecule has 1 amide bonds. The van der Waals surface area contributed by atoms with Crippen molar-refractivity contribution in [2.24, 2.45) is 0 Å². The Hall–Kier alpha value is -2.69. The van der Waals surface area contributed by atoms with Crippen LogP contribution in [0.1, 0.15) is 58.6 Å². The molecule has 3 aliphatic heterocycles. The molecule has 2 saturated heterocycles. The molecule has 4 nitrogen and oxygen atoms in total. The van der Waals surface area contributed by atoms with Gasteiger partial charge in [0.25, 0.3) is 5.91 Å². The van der Waals surface area contributed by atoms with Crippen LogP contribution in [0.15, 0.2) is 60.7 Å². The first-order valence-electron chi connectivity index (χ1n) is 12.6. The number of carbonyl (C=O) groups excluding carboxylic acids is 1. The quantitative estimate of drug-likeness (QED) is 0.626. The summed E-state index contributed by atoms with van der Waals surface area (Å²) in [7, 11) is 0. The summed E-state index contributed by atoms with van der Waals surface area (Å²) in [4.78, 5) is 17.7. The van der Waals surface area contributed by atoms with Gasteiger partial charge in [-0.15, -0.1) is 0 Å². The van der Waals surface area contributed by atoms with Crippen molar-refractivity contribution in [1.29, 1.82) is 0 Å². The van der Waals surface area contributed by atoms with Gasteiger partial charge in [-0.25, -0.2) is 0 Å². The van der Waals surface area contributed by atoms with Crippen molar-refractivity contribution in [1.82, 2.24) is 15.1 Å². The zero-order valence-corrected chi connectivity index (χ0v) is 19.3. The average Bonchev–Trinajstić information content (AvgIpc) is 3.21. The molecule has 1 atom stereocenters. The Morgan fingerprint density at radius 1 is 0.939 bits per heavy atom. The maximum absolute atomic E-state index is 13.0. The number of rotatable bonds is 4. The molecule has 3 aromatic rings. The molecule has 2 fully saturated rings. The summed E-state index contributed by atoms with van der Waals surface area (Å²) in [6, 6.07) is 22.4. The molecule has 3 heterocycles. The van der Waals surface area contributed by atoms with Gasteiger partial charge >= 0.3 is 0 Å². The fourth-order valence-electron chi connectivity index (χ4n) is 6.11. The van der Waals surface area contributed by atoms with Crippen molar-refractivity contribution in [3.8, 4) is 0 Å². The van der Waals surface area contributed by atoms with Crippen molar-refractivity contribution in [3.05, 3.63) is 82.9 Å². The smallest absolute Gasteiger partial charge is 0.254 e. The summed E-state index contributed by atoms with van der Waals surface area (Å²) in [5, 5.41) is 6.16. The van der Waals surface area contributed by atoms with E-state index in [1.165, 1.54) is 40.3 Å². The van der Waals surface area contributed by atoms with Crippen molar-refractivity contribution in [3.63, 3.8) is 0 Å². The van der Waals surface area contributed by atoms with Gasteiger partial charge in [-0.2, -0.15) is 0 Å². The molecule has 4 heteroatoms. The lowest BCUT2D eigenvalue weighted by Gasteiger charge is -2.32. The lowest BCUT2D eigenvalue weighted by molar-refractivity contribution is 0.0674. The molecule has 0 radical (unpaired) electrons. The van der Waals surface area contributed by atoms with Crippen LogP contribution in [0.2, 0.25) is 0 Å². The molecular formula is C29H33N3O. The van der Waals surface area contributed by atoms with Crippen LogP contribution in [0.4, 0.5) is 0 Å². The van der Waals surface area contributed by atoms with Gasteiger partial charge in [0.05, 0.1) is 0 Å². The van der Waals surface area contributed by atoms with Crippen LogP contribution in [0, 0.1) is 0 Å². The molecule has 0 aliphatic carbocycles. The van der Waals surface area contributed by atoms with Gasteiger partial charge < -0.3 is 10.2 Å². The van der Waals surface area contributed by atoms with E-state index in [4.69, 9.17) is 0 Å². The fourth-order valence-corrected chi connectivity index (χ4v) is 6.11. The Bertz CT molecular complexity index is 1150. The molecule has 1 unspecified atom stereocenters. The van der Waals surface area contributed by atoms with E-state index in [0.717, 1.165) is 57.7 Å². The molecule has 33 heavy (non-hydrogen) atoms. The molecular weight excluding hydrogens is 406 g/mol. The van der Waals surface area contributed by atoms with Crippen molar-refractivity contribution >= 4 is 16.7 Å². The lowest BCUT2D eigenvalue weighted by Crippen LogP contribution is -2.46. The summed E-state index contributed by atoms with van der Waals surface area (Å²) < 4.78 is 0. The molecule has 0 aromatic heterocycles. The van der Waals surface area contributed by atoms with Gasteiger partial charge in [0.15, 0.2) is 0 Å². The molecule has 0 bridgehead atoms. The van der Waals surface area contributed by atoms with E-state index in [-0.39, 0.29) is 5.91 Å². The van der Waals surface area contributed by atoms with E-state index < -0.39 is 0 Å².